The molecule has 0 saturated heterocycles. The van der Waals surface area contributed by atoms with E-state index in [1.165, 1.54) is 11.8 Å². The molecule has 1 unspecified atom stereocenters. The predicted molar refractivity (Wildman–Crippen MR) is 59.3 cm³/mol. The van der Waals surface area contributed by atoms with Crippen LogP contribution in [0.15, 0.2) is 17.1 Å². The molecule has 0 bridgehead atoms. The van der Waals surface area contributed by atoms with E-state index in [0.29, 0.717) is 11.2 Å². The van der Waals surface area contributed by atoms with Gasteiger partial charge >= 0.3 is 0 Å². The lowest BCUT2D eigenvalue weighted by atomic mass is 10.3. The second-order valence-corrected chi connectivity index (χ2v) is 4.48. The molecule has 86 valence electrons. The summed E-state index contributed by atoms with van der Waals surface area (Å²) in [5, 5.41) is 3.06. The van der Waals surface area contributed by atoms with Gasteiger partial charge < -0.3 is 5.32 Å². The average molecular weight is 246 g/mol. The van der Waals surface area contributed by atoms with Gasteiger partial charge in [-0.2, -0.15) is 0 Å². The summed E-state index contributed by atoms with van der Waals surface area (Å²) >= 11 is 1.39. The van der Waals surface area contributed by atoms with Gasteiger partial charge in [-0.15, -0.1) is 0 Å². The summed E-state index contributed by atoms with van der Waals surface area (Å²) in [6.45, 7) is 1.91. The number of hydrogen-bond acceptors (Lipinski definition) is 3. The highest BCUT2D eigenvalue weighted by Crippen LogP contribution is 2.23. The Kier molecular flexibility index (Phi) is 3.09. The summed E-state index contributed by atoms with van der Waals surface area (Å²) in [5.41, 5.74) is -0.224. The maximum atomic E-state index is 13.3. The molecule has 1 N–H and O–H groups in total. The topological polar surface area (TPSA) is 24.4 Å². The van der Waals surface area contributed by atoms with E-state index in [0.717, 1.165) is 11.8 Å². The van der Waals surface area contributed by atoms with Crippen LogP contribution in [-0.4, -0.2) is 17.0 Å². The van der Waals surface area contributed by atoms with Gasteiger partial charge in [0.2, 0.25) is 0 Å². The van der Waals surface area contributed by atoms with E-state index in [-0.39, 0.29) is 11.7 Å². The van der Waals surface area contributed by atoms with Gasteiger partial charge in [0.25, 0.3) is 0 Å². The Hall–Kier alpha value is -1.17. The largest absolute Gasteiger partial charge is 0.332 e. The van der Waals surface area contributed by atoms with E-state index in [4.69, 9.17) is 0 Å². The zero-order valence-electron chi connectivity index (χ0n) is 8.43. The predicted octanol–water partition coefficient (Wildman–Crippen LogP) is 3.01. The van der Waals surface area contributed by atoms with Crippen LogP contribution in [0.4, 0.5) is 18.9 Å². The van der Waals surface area contributed by atoms with Crippen molar-refractivity contribution in [1.82, 2.24) is 0 Å². The maximum Gasteiger partial charge on any atom is 0.182 e. The Bertz CT molecular complexity index is 448. The van der Waals surface area contributed by atoms with Crippen molar-refractivity contribution in [3.63, 3.8) is 0 Å². The first-order valence-corrected chi connectivity index (χ1v) is 5.67. The SMILES string of the molecule is CC1CSC(Nc2cc(F)cc(F)c2F)=N1. The van der Waals surface area contributed by atoms with Crippen LogP contribution in [0, 0.1) is 17.5 Å². The van der Waals surface area contributed by atoms with Crippen LogP contribution in [0.2, 0.25) is 0 Å². The van der Waals surface area contributed by atoms with Crippen LogP contribution in [0.25, 0.3) is 0 Å². The molecule has 0 fully saturated rings. The zero-order chi connectivity index (χ0) is 11.7. The molecular formula is C10H9F3N2S. The number of anilines is 1. The standard InChI is InChI=1S/C10H9F3N2S/c1-5-4-16-10(14-5)15-8-3-6(11)2-7(12)9(8)13/h2-3,5H,4H2,1H3,(H,14,15). The fraction of sp³-hybridized carbons (Fsp3) is 0.300. The van der Waals surface area contributed by atoms with Crippen molar-refractivity contribution in [2.24, 2.45) is 4.99 Å². The number of hydrogen-bond donors (Lipinski definition) is 1. The van der Waals surface area contributed by atoms with Crippen LogP contribution in [0.1, 0.15) is 6.92 Å². The smallest absolute Gasteiger partial charge is 0.182 e. The van der Waals surface area contributed by atoms with E-state index < -0.39 is 17.5 Å². The van der Waals surface area contributed by atoms with E-state index in [1.54, 1.807) is 0 Å². The van der Waals surface area contributed by atoms with Crippen LogP contribution in [0.3, 0.4) is 0 Å². The molecule has 2 rings (SSSR count). The molecule has 1 aromatic rings. The number of rotatable bonds is 1. The molecule has 0 aromatic heterocycles. The van der Waals surface area contributed by atoms with Crippen molar-refractivity contribution in [3.05, 3.63) is 29.6 Å². The Morgan fingerprint density at radius 1 is 1.38 bits per heavy atom. The first-order chi connectivity index (χ1) is 7.56. The lowest BCUT2D eigenvalue weighted by Crippen LogP contribution is -2.08. The highest BCUT2D eigenvalue weighted by molar-refractivity contribution is 8.14. The van der Waals surface area contributed by atoms with Gasteiger partial charge in [0.05, 0.1) is 11.7 Å². The molecule has 1 heterocycles. The van der Waals surface area contributed by atoms with Crippen molar-refractivity contribution < 1.29 is 13.2 Å². The van der Waals surface area contributed by atoms with Crippen LogP contribution in [0.5, 0.6) is 0 Å². The third-order valence-electron chi connectivity index (χ3n) is 2.03. The Balaban J connectivity index is 2.24. The fourth-order valence-electron chi connectivity index (χ4n) is 1.30. The fourth-order valence-corrected chi connectivity index (χ4v) is 2.21. The molecule has 0 amide bonds. The summed E-state index contributed by atoms with van der Waals surface area (Å²) in [6.07, 6.45) is 0. The molecule has 6 heteroatoms. The molecule has 2 nitrogen and oxygen atoms in total. The second-order valence-electron chi connectivity index (χ2n) is 3.47. The first-order valence-electron chi connectivity index (χ1n) is 4.68. The number of nitrogens with one attached hydrogen (secondary N) is 1. The number of nitrogens with zero attached hydrogens (tertiary/aromatic N) is 1. The van der Waals surface area contributed by atoms with Crippen molar-refractivity contribution in [3.8, 4) is 0 Å². The van der Waals surface area contributed by atoms with Crippen molar-refractivity contribution in [2.75, 3.05) is 11.1 Å². The number of benzene rings is 1. The molecule has 16 heavy (non-hydrogen) atoms. The molecule has 1 aromatic carbocycles. The van der Waals surface area contributed by atoms with E-state index in [2.05, 4.69) is 10.3 Å². The minimum Gasteiger partial charge on any atom is -0.332 e. The van der Waals surface area contributed by atoms with Crippen molar-refractivity contribution in [2.45, 2.75) is 13.0 Å². The summed E-state index contributed by atoms with van der Waals surface area (Å²) in [5.74, 6) is -2.34. The van der Waals surface area contributed by atoms with Crippen molar-refractivity contribution >= 4 is 22.6 Å². The third-order valence-corrected chi connectivity index (χ3v) is 3.16. The summed E-state index contributed by atoms with van der Waals surface area (Å²) < 4.78 is 39.0. The molecule has 1 atom stereocenters. The normalized spacial score (nSPS) is 19.8. The van der Waals surface area contributed by atoms with Gasteiger partial charge in [0, 0.05) is 17.9 Å². The lowest BCUT2D eigenvalue weighted by molar-refractivity contribution is 0.498. The van der Waals surface area contributed by atoms with Crippen LogP contribution in [-0.2, 0) is 0 Å². The molecule has 0 radical (unpaired) electrons. The average Bonchev–Trinajstić information content (AvgIpc) is 2.60. The maximum absolute atomic E-state index is 13.3. The van der Waals surface area contributed by atoms with Crippen molar-refractivity contribution in [1.29, 1.82) is 0 Å². The summed E-state index contributed by atoms with van der Waals surface area (Å²) in [6, 6.07) is 1.55. The number of halogens is 3. The Morgan fingerprint density at radius 3 is 2.75 bits per heavy atom. The molecule has 1 aliphatic heterocycles. The van der Waals surface area contributed by atoms with Crippen LogP contribution < -0.4 is 5.32 Å². The minimum atomic E-state index is -1.21. The van der Waals surface area contributed by atoms with Gasteiger partial charge in [0.15, 0.2) is 16.8 Å². The van der Waals surface area contributed by atoms with Gasteiger partial charge in [0.1, 0.15) is 5.82 Å². The van der Waals surface area contributed by atoms with E-state index in [9.17, 15) is 13.2 Å². The highest BCUT2D eigenvalue weighted by atomic mass is 32.2. The number of thioether (sulfide) groups is 1. The van der Waals surface area contributed by atoms with Gasteiger partial charge in [-0.3, -0.25) is 4.99 Å². The summed E-state index contributed by atoms with van der Waals surface area (Å²) in [4.78, 5) is 4.14. The molecule has 0 aliphatic carbocycles. The Labute approximate surface area is 95.0 Å². The number of amidine groups is 1. The Morgan fingerprint density at radius 2 is 2.12 bits per heavy atom. The lowest BCUT2D eigenvalue weighted by Gasteiger charge is -2.06. The monoisotopic (exact) mass is 246 g/mol. The zero-order valence-corrected chi connectivity index (χ0v) is 9.25. The van der Waals surface area contributed by atoms with E-state index in [1.807, 2.05) is 6.92 Å². The second kappa shape index (κ2) is 4.37. The number of aliphatic imine (C=N–C) groups is 1. The quantitative estimate of drug-likeness (QED) is 0.770. The van der Waals surface area contributed by atoms with Gasteiger partial charge in [-0.1, -0.05) is 11.8 Å². The van der Waals surface area contributed by atoms with Gasteiger partial charge in [-0.25, -0.2) is 13.2 Å². The highest BCUT2D eigenvalue weighted by Gasteiger charge is 2.17. The van der Waals surface area contributed by atoms with Crippen LogP contribution >= 0.6 is 11.8 Å². The van der Waals surface area contributed by atoms with E-state index >= 15 is 0 Å². The van der Waals surface area contributed by atoms with Gasteiger partial charge in [-0.05, 0) is 6.92 Å². The molecule has 0 spiro atoms. The molecule has 0 saturated carbocycles. The molecule has 1 aliphatic rings. The minimum absolute atomic E-state index is 0.133. The third kappa shape index (κ3) is 2.32. The summed E-state index contributed by atoms with van der Waals surface area (Å²) in [7, 11) is 0. The first kappa shape index (κ1) is 11.3. The molecular weight excluding hydrogens is 237 g/mol.